The van der Waals surface area contributed by atoms with E-state index in [2.05, 4.69) is 10.3 Å². The van der Waals surface area contributed by atoms with E-state index in [9.17, 15) is 14.7 Å². The third kappa shape index (κ3) is 3.19. The Morgan fingerprint density at radius 3 is 2.68 bits per heavy atom. The van der Waals surface area contributed by atoms with Gasteiger partial charge in [0.25, 0.3) is 5.91 Å². The summed E-state index contributed by atoms with van der Waals surface area (Å²) in [6.07, 6.45) is 1.52. The number of pyridine rings is 1. The molecule has 1 aromatic heterocycles. The van der Waals surface area contributed by atoms with Crippen LogP contribution in [-0.2, 0) is 0 Å². The Bertz CT molecular complexity index is 465. The number of hydrogen-bond donors (Lipinski definition) is 3. The van der Waals surface area contributed by atoms with Gasteiger partial charge in [-0.3, -0.25) is 9.78 Å². The Morgan fingerprint density at radius 1 is 1.37 bits per heavy atom. The number of nitrogens with one attached hydrogen (secondary N) is 1. The highest BCUT2D eigenvalue weighted by Crippen LogP contribution is 2.12. The van der Waals surface area contributed by atoms with E-state index in [-0.39, 0.29) is 19.0 Å². The zero-order valence-corrected chi connectivity index (χ0v) is 10.2. The number of carbonyl (C=O) groups is 2. The lowest BCUT2D eigenvalue weighted by molar-refractivity contribution is 0.0439. The van der Waals surface area contributed by atoms with Crippen molar-refractivity contribution in [2.24, 2.45) is 0 Å². The predicted octanol–water partition coefficient (Wildman–Crippen LogP) is -0.0754. The van der Waals surface area contributed by atoms with Crippen molar-refractivity contribution in [1.29, 1.82) is 0 Å². The molecule has 1 aromatic rings. The third-order valence-corrected chi connectivity index (χ3v) is 3.11. The molecule has 0 bridgehead atoms. The minimum absolute atomic E-state index is 0.0906. The van der Waals surface area contributed by atoms with E-state index < -0.39 is 18.2 Å². The fraction of sp³-hybridized carbons (Fsp3) is 0.417. The SMILES string of the molecule is O=C(N[C@@H]1CN(C(=O)O)CC[C@H]1O)c1ccncc1. The molecule has 3 N–H and O–H groups in total. The van der Waals surface area contributed by atoms with E-state index in [0.717, 1.165) is 0 Å². The highest BCUT2D eigenvalue weighted by molar-refractivity contribution is 5.94. The maximum Gasteiger partial charge on any atom is 0.407 e. The zero-order valence-electron chi connectivity index (χ0n) is 10.2. The number of aliphatic hydroxyl groups excluding tert-OH is 1. The second-order valence-electron chi connectivity index (χ2n) is 4.40. The molecule has 0 unspecified atom stereocenters. The van der Waals surface area contributed by atoms with E-state index in [0.29, 0.717) is 12.0 Å². The van der Waals surface area contributed by atoms with Crippen molar-refractivity contribution >= 4 is 12.0 Å². The largest absolute Gasteiger partial charge is 0.465 e. The van der Waals surface area contributed by atoms with Gasteiger partial charge in [0.15, 0.2) is 0 Å². The summed E-state index contributed by atoms with van der Waals surface area (Å²) in [4.78, 5) is 27.8. The van der Waals surface area contributed by atoms with Gasteiger partial charge >= 0.3 is 6.09 Å². The quantitative estimate of drug-likeness (QED) is 0.694. The molecule has 102 valence electrons. The summed E-state index contributed by atoms with van der Waals surface area (Å²) in [6.45, 7) is 0.367. The molecule has 1 aliphatic rings. The van der Waals surface area contributed by atoms with Gasteiger partial charge in [0, 0.05) is 31.0 Å². The smallest absolute Gasteiger partial charge is 0.407 e. The van der Waals surface area contributed by atoms with E-state index >= 15 is 0 Å². The van der Waals surface area contributed by atoms with E-state index in [1.807, 2.05) is 0 Å². The van der Waals surface area contributed by atoms with Crippen LogP contribution in [0.1, 0.15) is 16.8 Å². The lowest BCUT2D eigenvalue weighted by atomic mass is 10.0. The molecule has 19 heavy (non-hydrogen) atoms. The first kappa shape index (κ1) is 13.3. The first-order valence-corrected chi connectivity index (χ1v) is 5.95. The Hall–Kier alpha value is -2.15. The van der Waals surface area contributed by atoms with Crippen LogP contribution in [0.2, 0.25) is 0 Å². The van der Waals surface area contributed by atoms with Crippen molar-refractivity contribution in [3.63, 3.8) is 0 Å². The number of hydrogen-bond acceptors (Lipinski definition) is 4. The number of rotatable bonds is 2. The van der Waals surface area contributed by atoms with Crippen LogP contribution in [0.4, 0.5) is 4.79 Å². The topological polar surface area (TPSA) is 103 Å². The number of nitrogens with zero attached hydrogens (tertiary/aromatic N) is 2. The molecule has 2 amide bonds. The molecule has 0 aliphatic carbocycles. The van der Waals surface area contributed by atoms with Gasteiger partial charge in [0.05, 0.1) is 12.1 Å². The third-order valence-electron chi connectivity index (χ3n) is 3.11. The average molecular weight is 265 g/mol. The fourth-order valence-electron chi connectivity index (χ4n) is 2.01. The number of carboxylic acid groups (broad SMARTS) is 1. The number of piperidine rings is 1. The first-order chi connectivity index (χ1) is 9.08. The second-order valence-corrected chi connectivity index (χ2v) is 4.40. The Labute approximate surface area is 109 Å². The van der Waals surface area contributed by atoms with Crippen LogP contribution in [0.5, 0.6) is 0 Å². The summed E-state index contributed by atoms with van der Waals surface area (Å²) in [5.74, 6) is -0.348. The molecule has 1 fully saturated rings. The molecule has 2 atom stereocenters. The van der Waals surface area contributed by atoms with Gasteiger partial charge in [-0.15, -0.1) is 0 Å². The maximum absolute atomic E-state index is 11.9. The van der Waals surface area contributed by atoms with Crippen LogP contribution in [0, 0.1) is 0 Å². The molecular formula is C12H15N3O4. The van der Waals surface area contributed by atoms with Crippen LogP contribution in [0.25, 0.3) is 0 Å². The number of carbonyl (C=O) groups excluding carboxylic acids is 1. The van der Waals surface area contributed by atoms with Crippen molar-refractivity contribution in [2.45, 2.75) is 18.6 Å². The van der Waals surface area contributed by atoms with Gasteiger partial charge in [0.1, 0.15) is 0 Å². The summed E-state index contributed by atoms with van der Waals surface area (Å²) < 4.78 is 0. The molecule has 7 heteroatoms. The lowest BCUT2D eigenvalue weighted by Crippen LogP contribution is -2.56. The van der Waals surface area contributed by atoms with Crippen molar-refractivity contribution < 1.29 is 19.8 Å². The standard InChI is InChI=1S/C12H15N3O4/c16-10-3-6-15(12(18)19)7-9(10)14-11(17)8-1-4-13-5-2-8/h1-2,4-5,9-10,16H,3,6-7H2,(H,14,17)(H,18,19)/t9-,10-/m1/s1. The normalized spacial score (nSPS) is 22.9. The van der Waals surface area contributed by atoms with Crippen LogP contribution >= 0.6 is 0 Å². The highest BCUT2D eigenvalue weighted by atomic mass is 16.4. The number of amides is 2. The molecule has 7 nitrogen and oxygen atoms in total. The Morgan fingerprint density at radius 2 is 2.05 bits per heavy atom. The molecule has 1 aliphatic heterocycles. The van der Waals surface area contributed by atoms with Gasteiger partial charge < -0.3 is 20.4 Å². The average Bonchev–Trinajstić information content (AvgIpc) is 2.42. The number of likely N-dealkylation sites (tertiary alicyclic amines) is 1. The van der Waals surface area contributed by atoms with Gasteiger partial charge in [-0.25, -0.2) is 4.79 Å². The van der Waals surface area contributed by atoms with Gasteiger partial charge in [-0.2, -0.15) is 0 Å². The molecule has 0 spiro atoms. The van der Waals surface area contributed by atoms with E-state index in [4.69, 9.17) is 5.11 Å². The molecule has 0 aromatic carbocycles. The van der Waals surface area contributed by atoms with Crippen LogP contribution in [0.3, 0.4) is 0 Å². The summed E-state index contributed by atoms with van der Waals surface area (Å²) in [5.41, 5.74) is 0.426. The van der Waals surface area contributed by atoms with E-state index in [1.165, 1.54) is 17.3 Å². The zero-order chi connectivity index (χ0) is 13.8. The van der Waals surface area contributed by atoms with E-state index in [1.54, 1.807) is 12.1 Å². The minimum Gasteiger partial charge on any atom is -0.465 e. The minimum atomic E-state index is -1.05. The molecule has 2 rings (SSSR count). The summed E-state index contributed by atoms with van der Waals surface area (Å²) >= 11 is 0. The monoisotopic (exact) mass is 265 g/mol. The molecule has 1 saturated heterocycles. The molecule has 2 heterocycles. The molecule has 0 saturated carbocycles. The molecule has 0 radical (unpaired) electrons. The van der Waals surface area contributed by atoms with Crippen molar-refractivity contribution in [1.82, 2.24) is 15.2 Å². The van der Waals surface area contributed by atoms with Crippen molar-refractivity contribution in [3.8, 4) is 0 Å². The first-order valence-electron chi connectivity index (χ1n) is 5.95. The van der Waals surface area contributed by atoms with Gasteiger partial charge in [-0.1, -0.05) is 0 Å². The van der Waals surface area contributed by atoms with Gasteiger partial charge in [0.2, 0.25) is 0 Å². The second kappa shape index (κ2) is 5.66. The Balaban J connectivity index is 2.01. The summed E-state index contributed by atoms with van der Waals surface area (Å²) in [5, 5.41) is 21.4. The predicted molar refractivity (Wildman–Crippen MR) is 65.7 cm³/mol. The van der Waals surface area contributed by atoms with Gasteiger partial charge in [-0.05, 0) is 18.6 Å². The van der Waals surface area contributed by atoms with Crippen molar-refractivity contribution in [3.05, 3.63) is 30.1 Å². The van der Waals surface area contributed by atoms with Crippen LogP contribution < -0.4 is 5.32 Å². The number of aliphatic hydroxyl groups is 1. The molecular weight excluding hydrogens is 250 g/mol. The van der Waals surface area contributed by atoms with Crippen LogP contribution in [-0.4, -0.2) is 57.3 Å². The van der Waals surface area contributed by atoms with Crippen molar-refractivity contribution in [2.75, 3.05) is 13.1 Å². The lowest BCUT2D eigenvalue weighted by Gasteiger charge is -2.34. The highest BCUT2D eigenvalue weighted by Gasteiger charge is 2.31. The van der Waals surface area contributed by atoms with Crippen LogP contribution in [0.15, 0.2) is 24.5 Å². The summed E-state index contributed by atoms with van der Waals surface area (Å²) in [7, 11) is 0. The summed E-state index contributed by atoms with van der Waals surface area (Å²) in [6, 6.07) is 2.52. The maximum atomic E-state index is 11.9. The Kier molecular flexibility index (Phi) is 3.96. The number of aromatic nitrogens is 1. The fourth-order valence-corrected chi connectivity index (χ4v) is 2.01.